The number of aliphatic hydroxyl groups is 3. The van der Waals surface area contributed by atoms with Crippen LogP contribution in [0.3, 0.4) is 0 Å². The van der Waals surface area contributed by atoms with Crippen molar-refractivity contribution in [2.24, 2.45) is 0 Å². The van der Waals surface area contributed by atoms with Gasteiger partial charge in [0.25, 0.3) is 0 Å². The third kappa shape index (κ3) is 12.6. The summed E-state index contributed by atoms with van der Waals surface area (Å²) in [5.74, 6) is -0.525. The SMILES string of the molecule is CC(=O)N[C@H]1[C@H](OCCCCC(=O)NCCOCCOCOC(C)C)O[C@H](CO)[C@H](O)[C@@H]1O. The number of aliphatic hydroxyl groups excluding tert-OH is 3. The van der Waals surface area contributed by atoms with Crippen LogP contribution in [0.4, 0.5) is 0 Å². The molecular weight excluding hydrogens is 440 g/mol. The van der Waals surface area contributed by atoms with Crippen LogP contribution in [0.2, 0.25) is 0 Å². The molecule has 1 rings (SSSR count). The van der Waals surface area contributed by atoms with E-state index in [9.17, 15) is 24.9 Å². The van der Waals surface area contributed by atoms with Crippen LogP contribution in [0.15, 0.2) is 0 Å². The number of hydrogen-bond acceptors (Lipinski definition) is 10. The van der Waals surface area contributed by atoms with Gasteiger partial charge in [-0.3, -0.25) is 9.59 Å². The quantitative estimate of drug-likeness (QED) is 0.124. The van der Waals surface area contributed by atoms with Crippen molar-refractivity contribution < 1.29 is 48.6 Å². The molecule has 0 radical (unpaired) electrons. The van der Waals surface area contributed by atoms with Crippen molar-refractivity contribution in [1.29, 1.82) is 0 Å². The van der Waals surface area contributed by atoms with Crippen molar-refractivity contribution in [2.45, 2.75) is 76.8 Å². The summed E-state index contributed by atoms with van der Waals surface area (Å²) in [6.45, 7) is 6.67. The van der Waals surface area contributed by atoms with Crippen LogP contribution in [0, 0.1) is 0 Å². The van der Waals surface area contributed by atoms with E-state index in [1.165, 1.54) is 6.92 Å². The van der Waals surface area contributed by atoms with E-state index in [2.05, 4.69) is 10.6 Å². The first kappa shape index (κ1) is 29.7. The van der Waals surface area contributed by atoms with Crippen LogP contribution in [-0.4, -0.2) is 110 Å². The van der Waals surface area contributed by atoms with Gasteiger partial charge in [-0.05, 0) is 26.7 Å². The van der Waals surface area contributed by atoms with Gasteiger partial charge in [-0.15, -0.1) is 0 Å². The Labute approximate surface area is 194 Å². The summed E-state index contributed by atoms with van der Waals surface area (Å²) in [5, 5.41) is 34.8. The molecule has 5 N–H and O–H groups in total. The molecule has 33 heavy (non-hydrogen) atoms. The Balaban J connectivity index is 2.13. The van der Waals surface area contributed by atoms with E-state index >= 15 is 0 Å². The maximum absolute atomic E-state index is 11.9. The monoisotopic (exact) mass is 480 g/mol. The summed E-state index contributed by atoms with van der Waals surface area (Å²) in [6, 6.07) is -0.975. The molecular formula is C21H40N2O10. The molecule has 0 spiro atoms. The molecule has 1 aliphatic heterocycles. The van der Waals surface area contributed by atoms with E-state index in [0.29, 0.717) is 45.6 Å². The Hall–Kier alpha value is -1.38. The van der Waals surface area contributed by atoms with E-state index < -0.39 is 43.2 Å². The number of amides is 2. The van der Waals surface area contributed by atoms with Gasteiger partial charge < -0.3 is 49.6 Å². The third-order valence-corrected chi connectivity index (χ3v) is 4.76. The van der Waals surface area contributed by atoms with Gasteiger partial charge in [0, 0.05) is 26.5 Å². The standard InChI is InChI=1S/C21H40N2O10/c1-14(2)32-13-30-11-10-29-9-7-22-17(26)6-4-5-8-31-21-18(23-15(3)25)20(28)19(27)16(12-24)33-21/h14,16,18-21,24,27-28H,4-13H2,1-3H3,(H,22,26)(H,23,25)/t16-,18-,19+,20-,21-/m1/s1. The van der Waals surface area contributed by atoms with Crippen LogP contribution < -0.4 is 10.6 Å². The zero-order valence-electron chi connectivity index (χ0n) is 19.7. The molecule has 0 unspecified atom stereocenters. The van der Waals surface area contributed by atoms with Crippen LogP contribution >= 0.6 is 0 Å². The van der Waals surface area contributed by atoms with Crippen molar-refractivity contribution >= 4 is 11.8 Å². The van der Waals surface area contributed by atoms with Crippen molar-refractivity contribution in [2.75, 3.05) is 46.4 Å². The van der Waals surface area contributed by atoms with Crippen molar-refractivity contribution in [1.82, 2.24) is 10.6 Å². The second kappa shape index (κ2) is 17.1. The summed E-state index contributed by atoms with van der Waals surface area (Å²) >= 11 is 0. The van der Waals surface area contributed by atoms with Gasteiger partial charge in [-0.1, -0.05) is 0 Å². The average molecular weight is 481 g/mol. The second-order valence-corrected chi connectivity index (χ2v) is 7.96. The lowest BCUT2D eigenvalue weighted by atomic mass is 9.97. The highest BCUT2D eigenvalue weighted by molar-refractivity contribution is 5.75. The van der Waals surface area contributed by atoms with Gasteiger partial charge in [0.15, 0.2) is 6.29 Å². The molecule has 0 aromatic heterocycles. The first-order valence-corrected chi connectivity index (χ1v) is 11.3. The molecule has 0 bridgehead atoms. The number of ether oxygens (including phenoxy) is 5. The van der Waals surface area contributed by atoms with Gasteiger partial charge in [-0.25, -0.2) is 0 Å². The largest absolute Gasteiger partial charge is 0.394 e. The molecule has 12 heteroatoms. The molecule has 1 saturated heterocycles. The highest BCUT2D eigenvalue weighted by Crippen LogP contribution is 2.22. The Bertz CT molecular complexity index is 551. The maximum atomic E-state index is 11.9. The Kier molecular flexibility index (Phi) is 15.4. The van der Waals surface area contributed by atoms with Gasteiger partial charge in [0.2, 0.25) is 11.8 Å². The second-order valence-electron chi connectivity index (χ2n) is 7.96. The van der Waals surface area contributed by atoms with Gasteiger partial charge in [-0.2, -0.15) is 0 Å². The minimum Gasteiger partial charge on any atom is -0.394 e. The minimum absolute atomic E-state index is 0.107. The Morgan fingerprint density at radius 3 is 2.42 bits per heavy atom. The number of rotatable bonds is 17. The number of carbonyl (C=O) groups is 2. The van der Waals surface area contributed by atoms with Crippen LogP contribution in [0.1, 0.15) is 40.0 Å². The van der Waals surface area contributed by atoms with Gasteiger partial charge in [0.1, 0.15) is 31.1 Å². The molecule has 1 fully saturated rings. The van der Waals surface area contributed by atoms with Crippen molar-refractivity contribution in [3.63, 3.8) is 0 Å². The summed E-state index contributed by atoms with van der Waals surface area (Å²) in [7, 11) is 0. The minimum atomic E-state index is -1.36. The average Bonchev–Trinajstić information content (AvgIpc) is 2.76. The van der Waals surface area contributed by atoms with E-state index in [0.717, 1.165) is 0 Å². The molecule has 0 aromatic carbocycles. The Morgan fingerprint density at radius 2 is 1.76 bits per heavy atom. The van der Waals surface area contributed by atoms with Crippen LogP contribution in [0.25, 0.3) is 0 Å². The molecule has 0 aliphatic carbocycles. The highest BCUT2D eigenvalue weighted by Gasteiger charge is 2.45. The summed E-state index contributed by atoms with van der Waals surface area (Å²) in [6.07, 6.45) is -3.24. The van der Waals surface area contributed by atoms with Crippen LogP contribution in [0.5, 0.6) is 0 Å². The maximum Gasteiger partial charge on any atom is 0.220 e. The molecule has 5 atom stereocenters. The zero-order chi connectivity index (χ0) is 24.6. The fourth-order valence-electron chi connectivity index (χ4n) is 3.01. The Morgan fingerprint density at radius 1 is 1.03 bits per heavy atom. The highest BCUT2D eigenvalue weighted by atomic mass is 16.7. The molecule has 1 heterocycles. The number of hydrogen-bond donors (Lipinski definition) is 5. The summed E-state index contributed by atoms with van der Waals surface area (Å²) < 4.78 is 26.9. The first-order chi connectivity index (χ1) is 15.8. The lowest BCUT2D eigenvalue weighted by Crippen LogP contribution is -2.64. The zero-order valence-corrected chi connectivity index (χ0v) is 19.7. The van der Waals surface area contributed by atoms with E-state index in [1.54, 1.807) is 0 Å². The van der Waals surface area contributed by atoms with Gasteiger partial charge in [0.05, 0.1) is 32.5 Å². The molecule has 1 aliphatic rings. The summed E-state index contributed by atoms with van der Waals surface area (Å²) in [4.78, 5) is 23.3. The smallest absolute Gasteiger partial charge is 0.220 e. The normalized spacial score (nSPS) is 25.2. The number of nitrogens with one attached hydrogen (secondary N) is 2. The topological polar surface area (TPSA) is 165 Å². The van der Waals surface area contributed by atoms with Gasteiger partial charge >= 0.3 is 0 Å². The predicted molar refractivity (Wildman–Crippen MR) is 116 cm³/mol. The predicted octanol–water partition coefficient (Wildman–Crippen LogP) is -1.35. The first-order valence-electron chi connectivity index (χ1n) is 11.3. The fourth-order valence-corrected chi connectivity index (χ4v) is 3.01. The molecule has 0 aromatic rings. The molecule has 12 nitrogen and oxygen atoms in total. The summed E-state index contributed by atoms with van der Waals surface area (Å²) in [5.41, 5.74) is 0. The number of unbranched alkanes of at least 4 members (excludes halogenated alkanes) is 1. The lowest BCUT2D eigenvalue weighted by molar-refractivity contribution is -0.270. The third-order valence-electron chi connectivity index (χ3n) is 4.76. The van der Waals surface area contributed by atoms with Crippen molar-refractivity contribution in [3.8, 4) is 0 Å². The van der Waals surface area contributed by atoms with Crippen LogP contribution in [-0.2, 0) is 33.3 Å². The molecule has 0 saturated carbocycles. The lowest BCUT2D eigenvalue weighted by Gasteiger charge is -2.42. The fraction of sp³-hybridized carbons (Fsp3) is 0.905. The van der Waals surface area contributed by atoms with E-state index in [-0.39, 0.29) is 25.4 Å². The van der Waals surface area contributed by atoms with Crippen molar-refractivity contribution in [3.05, 3.63) is 0 Å². The van der Waals surface area contributed by atoms with E-state index in [4.69, 9.17) is 23.7 Å². The molecule has 194 valence electrons. The van der Waals surface area contributed by atoms with E-state index in [1.807, 2.05) is 13.8 Å². The number of carbonyl (C=O) groups excluding carboxylic acids is 2. The molecule has 2 amide bonds.